The van der Waals surface area contributed by atoms with Crippen molar-refractivity contribution >= 4 is 11.6 Å². The molecule has 3 rings (SSSR count). The lowest BCUT2D eigenvalue weighted by atomic mass is 10.00. The van der Waals surface area contributed by atoms with Crippen molar-refractivity contribution in [2.75, 3.05) is 16.9 Å². The molecule has 0 unspecified atom stereocenters. The van der Waals surface area contributed by atoms with Crippen LogP contribution in [0.3, 0.4) is 0 Å². The number of aromatic nitrogens is 2. The standard InChI is InChI=1S/C15H19N5/c1-2-13-17-14(19-16)9-15(18-13)20-8-7-11-5-3-4-6-12(11)10-20/h3-6,9H,2,7-8,10,16H2,1H3,(H,17,18,19). The number of hydrogen-bond donors (Lipinski definition) is 2. The van der Waals surface area contributed by atoms with Crippen LogP contribution in [0, 0.1) is 0 Å². The van der Waals surface area contributed by atoms with Gasteiger partial charge in [0.25, 0.3) is 0 Å². The number of fused-ring (bicyclic) bond motifs is 1. The zero-order valence-electron chi connectivity index (χ0n) is 11.6. The maximum absolute atomic E-state index is 5.49. The summed E-state index contributed by atoms with van der Waals surface area (Å²) in [4.78, 5) is 11.2. The molecular weight excluding hydrogens is 250 g/mol. The minimum absolute atomic E-state index is 0.672. The zero-order valence-corrected chi connectivity index (χ0v) is 11.6. The summed E-state index contributed by atoms with van der Waals surface area (Å²) in [5.41, 5.74) is 5.43. The van der Waals surface area contributed by atoms with E-state index < -0.39 is 0 Å². The van der Waals surface area contributed by atoms with Crippen LogP contribution < -0.4 is 16.2 Å². The molecule has 0 aliphatic carbocycles. The van der Waals surface area contributed by atoms with Crippen LogP contribution in [0.1, 0.15) is 23.9 Å². The lowest BCUT2D eigenvalue weighted by Crippen LogP contribution is -2.31. The van der Waals surface area contributed by atoms with E-state index >= 15 is 0 Å². The van der Waals surface area contributed by atoms with Crippen LogP contribution in [0.15, 0.2) is 30.3 Å². The number of hydrogen-bond acceptors (Lipinski definition) is 5. The fourth-order valence-corrected chi connectivity index (χ4v) is 2.57. The Morgan fingerprint density at radius 1 is 1.25 bits per heavy atom. The summed E-state index contributed by atoms with van der Waals surface area (Å²) in [6.07, 6.45) is 1.85. The molecule has 0 fully saturated rings. The Labute approximate surface area is 118 Å². The third kappa shape index (κ3) is 2.44. The molecule has 1 aromatic heterocycles. The van der Waals surface area contributed by atoms with Crippen LogP contribution in [0.4, 0.5) is 11.6 Å². The molecule has 5 heteroatoms. The van der Waals surface area contributed by atoms with Gasteiger partial charge in [-0.15, -0.1) is 0 Å². The number of nitrogen functional groups attached to an aromatic ring is 1. The lowest BCUT2D eigenvalue weighted by molar-refractivity contribution is 0.715. The molecule has 2 heterocycles. The minimum atomic E-state index is 0.672. The van der Waals surface area contributed by atoms with Gasteiger partial charge in [0.2, 0.25) is 0 Å². The number of benzene rings is 1. The van der Waals surface area contributed by atoms with Crippen molar-refractivity contribution in [2.45, 2.75) is 26.3 Å². The Kier molecular flexibility index (Phi) is 3.52. The molecule has 0 saturated heterocycles. The van der Waals surface area contributed by atoms with Crippen LogP contribution >= 0.6 is 0 Å². The molecule has 20 heavy (non-hydrogen) atoms. The molecular formula is C15H19N5. The van der Waals surface area contributed by atoms with E-state index in [1.807, 2.05) is 13.0 Å². The van der Waals surface area contributed by atoms with E-state index in [2.05, 4.69) is 44.6 Å². The van der Waals surface area contributed by atoms with E-state index in [0.717, 1.165) is 37.6 Å². The van der Waals surface area contributed by atoms with E-state index in [4.69, 9.17) is 5.84 Å². The molecule has 5 nitrogen and oxygen atoms in total. The predicted molar refractivity (Wildman–Crippen MR) is 80.4 cm³/mol. The van der Waals surface area contributed by atoms with Crippen molar-refractivity contribution in [1.82, 2.24) is 9.97 Å². The SMILES string of the molecule is CCc1nc(NN)cc(N2CCc3ccccc3C2)n1. The van der Waals surface area contributed by atoms with Gasteiger partial charge in [0.05, 0.1) is 0 Å². The first kappa shape index (κ1) is 12.9. The predicted octanol–water partition coefficient (Wildman–Crippen LogP) is 1.89. The van der Waals surface area contributed by atoms with Gasteiger partial charge in [-0.1, -0.05) is 31.2 Å². The first-order valence-corrected chi connectivity index (χ1v) is 6.96. The Balaban J connectivity index is 1.91. The molecule has 0 bridgehead atoms. The first-order chi connectivity index (χ1) is 9.80. The largest absolute Gasteiger partial charge is 0.352 e. The van der Waals surface area contributed by atoms with E-state index in [1.165, 1.54) is 11.1 Å². The summed E-state index contributed by atoms with van der Waals surface area (Å²) in [5, 5.41) is 0. The van der Waals surface area contributed by atoms with Crippen LogP contribution in [-0.2, 0) is 19.4 Å². The minimum Gasteiger partial charge on any atom is -0.352 e. The maximum atomic E-state index is 5.49. The molecule has 2 aromatic rings. The second-order valence-corrected chi connectivity index (χ2v) is 4.97. The molecule has 0 spiro atoms. The monoisotopic (exact) mass is 269 g/mol. The van der Waals surface area contributed by atoms with Crippen LogP contribution in [0.5, 0.6) is 0 Å². The van der Waals surface area contributed by atoms with Gasteiger partial charge in [-0.25, -0.2) is 15.8 Å². The van der Waals surface area contributed by atoms with Gasteiger partial charge in [-0.3, -0.25) is 0 Å². The maximum Gasteiger partial charge on any atom is 0.145 e. The summed E-state index contributed by atoms with van der Waals surface area (Å²) in [6, 6.07) is 10.5. The average Bonchev–Trinajstić information content (AvgIpc) is 2.53. The Morgan fingerprint density at radius 2 is 2.05 bits per heavy atom. The van der Waals surface area contributed by atoms with Gasteiger partial charge in [0.15, 0.2) is 0 Å². The van der Waals surface area contributed by atoms with Crippen molar-refractivity contribution in [2.24, 2.45) is 5.84 Å². The summed E-state index contributed by atoms with van der Waals surface area (Å²) < 4.78 is 0. The smallest absolute Gasteiger partial charge is 0.145 e. The Hall–Kier alpha value is -2.14. The Bertz CT molecular complexity index is 589. The van der Waals surface area contributed by atoms with Crippen molar-refractivity contribution in [3.8, 4) is 0 Å². The zero-order chi connectivity index (χ0) is 13.9. The van der Waals surface area contributed by atoms with Crippen molar-refractivity contribution in [3.63, 3.8) is 0 Å². The number of anilines is 2. The number of nitrogens with zero attached hydrogens (tertiary/aromatic N) is 3. The van der Waals surface area contributed by atoms with Gasteiger partial charge in [-0.05, 0) is 17.5 Å². The highest BCUT2D eigenvalue weighted by Crippen LogP contribution is 2.24. The summed E-state index contributed by atoms with van der Waals surface area (Å²) in [7, 11) is 0. The molecule has 1 aromatic carbocycles. The van der Waals surface area contributed by atoms with Crippen LogP contribution in [-0.4, -0.2) is 16.5 Å². The number of hydrazine groups is 1. The van der Waals surface area contributed by atoms with E-state index in [1.54, 1.807) is 0 Å². The highest BCUT2D eigenvalue weighted by Gasteiger charge is 2.18. The molecule has 0 atom stereocenters. The third-order valence-corrected chi connectivity index (χ3v) is 3.68. The fourth-order valence-electron chi connectivity index (χ4n) is 2.57. The van der Waals surface area contributed by atoms with Crippen molar-refractivity contribution in [3.05, 3.63) is 47.3 Å². The molecule has 104 valence electrons. The number of aryl methyl sites for hydroxylation is 1. The van der Waals surface area contributed by atoms with Crippen molar-refractivity contribution < 1.29 is 0 Å². The normalized spacial score (nSPS) is 14.0. The van der Waals surface area contributed by atoms with Crippen LogP contribution in [0.2, 0.25) is 0 Å². The van der Waals surface area contributed by atoms with Gasteiger partial charge in [0, 0.05) is 25.6 Å². The molecule has 1 aliphatic heterocycles. The van der Waals surface area contributed by atoms with Crippen LogP contribution in [0.25, 0.3) is 0 Å². The number of nitrogens with one attached hydrogen (secondary N) is 1. The second-order valence-electron chi connectivity index (χ2n) is 4.97. The fraction of sp³-hybridized carbons (Fsp3) is 0.333. The summed E-state index contributed by atoms with van der Waals surface area (Å²) >= 11 is 0. The first-order valence-electron chi connectivity index (χ1n) is 6.96. The number of nitrogens with two attached hydrogens (primary N) is 1. The quantitative estimate of drug-likeness (QED) is 0.658. The molecule has 3 N–H and O–H groups in total. The molecule has 0 amide bonds. The average molecular weight is 269 g/mol. The highest BCUT2D eigenvalue weighted by molar-refractivity contribution is 5.51. The van der Waals surface area contributed by atoms with Gasteiger partial charge >= 0.3 is 0 Å². The molecule has 0 radical (unpaired) electrons. The summed E-state index contributed by atoms with van der Waals surface area (Å²) in [6.45, 7) is 3.91. The molecule has 0 saturated carbocycles. The third-order valence-electron chi connectivity index (χ3n) is 3.68. The van der Waals surface area contributed by atoms with Gasteiger partial charge in [0.1, 0.15) is 17.5 Å². The van der Waals surface area contributed by atoms with Gasteiger partial charge < -0.3 is 10.3 Å². The summed E-state index contributed by atoms with van der Waals surface area (Å²) in [5.74, 6) is 7.92. The lowest BCUT2D eigenvalue weighted by Gasteiger charge is -2.30. The Morgan fingerprint density at radius 3 is 2.80 bits per heavy atom. The van der Waals surface area contributed by atoms with E-state index in [0.29, 0.717) is 5.82 Å². The second kappa shape index (κ2) is 5.46. The number of rotatable bonds is 3. The van der Waals surface area contributed by atoms with E-state index in [9.17, 15) is 0 Å². The molecule has 1 aliphatic rings. The van der Waals surface area contributed by atoms with Crippen molar-refractivity contribution in [1.29, 1.82) is 0 Å². The van der Waals surface area contributed by atoms with Gasteiger partial charge in [-0.2, -0.15) is 0 Å². The van der Waals surface area contributed by atoms with E-state index in [-0.39, 0.29) is 0 Å². The topological polar surface area (TPSA) is 67.1 Å². The highest BCUT2D eigenvalue weighted by atomic mass is 15.3.